The molecule has 7 heteroatoms. The number of pyridine rings is 1. The second kappa shape index (κ2) is 5.27. The van der Waals surface area contributed by atoms with Gasteiger partial charge in [-0.2, -0.15) is 0 Å². The minimum absolute atomic E-state index is 0.178. The Morgan fingerprint density at radius 3 is 2.68 bits per heavy atom. The average Bonchev–Trinajstić information content (AvgIpc) is 2.38. The van der Waals surface area contributed by atoms with Crippen LogP contribution in [0.5, 0.6) is 5.75 Å². The molecule has 0 saturated carbocycles. The third-order valence-corrected chi connectivity index (χ3v) is 2.68. The lowest BCUT2D eigenvalue weighted by atomic mass is 10.3. The van der Waals surface area contributed by atoms with Crippen molar-refractivity contribution in [3.8, 4) is 5.75 Å². The summed E-state index contributed by atoms with van der Waals surface area (Å²) >= 11 is 5.86. The zero-order valence-corrected chi connectivity index (χ0v) is 10.6. The fourth-order valence-electron chi connectivity index (χ4n) is 1.44. The van der Waals surface area contributed by atoms with Crippen molar-refractivity contribution in [2.75, 3.05) is 18.2 Å². The zero-order chi connectivity index (χ0) is 14.0. The molecule has 3 N–H and O–H groups in total. The van der Waals surface area contributed by atoms with E-state index in [9.17, 15) is 8.78 Å². The SMILES string of the molecule is COc1cc(Nc2nc(N)c(F)cc2F)ccc1Cl. The predicted molar refractivity (Wildman–Crippen MR) is 69.9 cm³/mol. The monoisotopic (exact) mass is 285 g/mol. The molecule has 0 aliphatic rings. The van der Waals surface area contributed by atoms with Crippen LogP contribution in [0.2, 0.25) is 5.02 Å². The molecular weight excluding hydrogens is 276 g/mol. The maximum Gasteiger partial charge on any atom is 0.169 e. The molecule has 1 aromatic heterocycles. The van der Waals surface area contributed by atoms with Crippen LogP contribution in [0.3, 0.4) is 0 Å². The van der Waals surface area contributed by atoms with E-state index in [1.54, 1.807) is 18.2 Å². The number of nitrogens with two attached hydrogens (primary N) is 1. The van der Waals surface area contributed by atoms with Crippen molar-refractivity contribution >= 4 is 28.9 Å². The van der Waals surface area contributed by atoms with E-state index >= 15 is 0 Å². The lowest BCUT2D eigenvalue weighted by Crippen LogP contribution is -2.03. The molecule has 2 rings (SSSR count). The number of anilines is 3. The maximum atomic E-state index is 13.5. The summed E-state index contributed by atoms with van der Waals surface area (Å²) in [5.74, 6) is -1.90. The quantitative estimate of drug-likeness (QED) is 0.908. The van der Waals surface area contributed by atoms with Gasteiger partial charge in [0.15, 0.2) is 23.3 Å². The Hall–Kier alpha value is -2.08. The van der Waals surface area contributed by atoms with Gasteiger partial charge >= 0.3 is 0 Å². The third-order valence-electron chi connectivity index (χ3n) is 2.37. The Labute approximate surface area is 113 Å². The van der Waals surface area contributed by atoms with Crippen molar-refractivity contribution in [1.82, 2.24) is 4.98 Å². The second-order valence-corrected chi connectivity index (χ2v) is 4.07. The normalized spacial score (nSPS) is 10.3. The standard InChI is InChI=1S/C12H10ClF2N3O/c1-19-10-4-6(2-3-7(10)13)17-12-9(15)5-8(14)11(16)18-12/h2-5H,1H3,(H3,16,17,18). The molecule has 1 heterocycles. The molecule has 0 aliphatic carbocycles. The number of nitrogen functional groups attached to an aromatic ring is 1. The fraction of sp³-hybridized carbons (Fsp3) is 0.0833. The van der Waals surface area contributed by atoms with Crippen molar-refractivity contribution in [3.05, 3.63) is 40.9 Å². The number of nitrogens with one attached hydrogen (secondary N) is 1. The number of ether oxygens (including phenoxy) is 1. The molecule has 0 spiro atoms. The summed E-state index contributed by atoms with van der Waals surface area (Å²) in [4.78, 5) is 3.59. The highest BCUT2D eigenvalue weighted by Crippen LogP contribution is 2.29. The van der Waals surface area contributed by atoms with Crippen molar-refractivity contribution < 1.29 is 13.5 Å². The highest BCUT2D eigenvalue weighted by molar-refractivity contribution is 6.32. The number of hydrogen-bond acceptors (Lipinski definition) is 4. The maximum absolute atomic E-state index is 13.5. The number of rotatable bonds is 3. The van der Waals surface area contributed by atoms with E-state index < -0.39 is 11.6 Å². The third kappa shape index (κ3) is 2.85. The van der Waals surface area contributed by atoms with Gasteiger partial charge in [-0.05, 0) is 12.1 Å². The van der Waals surface area contributed by atoms with E-state index in [1.165, 1.54) is 7.11 Å². The molecule has 0 atom stereocenters. The predicted octanol–water partition coefficient (Wildman–Crippen LogP) is 3.35. The minimum Gasteiger partial charge on any atom is -0.495 e. The van der Waals surface area contributed by atoms with Crippen LogP contribution in [0.4, 0.5) is 26.1 Å². The summed E-state index contributed by atoms with van der Waals surface area (Å²) < 4.78 is 31.5. The van der Waals surface area contributed by atoms with E-state index in [2.05, 4.69) is 10.3 Å². The Morgan fingerprint density at radius 1 is 1.26 bits per heavy atom. The number of aromatic nitrogens is 1. The first-order valence-electron chi connectivity index (χ1n) is 5.23. The number of halogens is 3. The zero-order valence-electron chi connectivity index (χ0n) is 9.88. The summed E-state index contributed by atoms with van der Waals surface area (Å²) in [6, 6.07) is 5.40. The molecule has 0 saturated heterocycles. The highest BCUT2D eigenvalue weighted by atomic mass is 35.5. The van der Waals surface area contributed by atoms with Gasteiger partial charge < -0.3 is 15.8 Å². The van der Waals surface area contributed by atoms with E-state index in [0.717, 1.165) is 0 Å². The summed E-state index contributed by atoms with van der Waals surface area (Å²) in [5.41, 5.74) is 5.77. The van der Waals surface area contributed by atoms with Crippen LogP contribution in [-0.4, -0.2) is 12.1 Å². The van der Waals surface area contributed by atoms with Gasteiger partial charge in [0.2, 0.25) is 0 Å². The molecular formula is C12H10ClF2N3O. The van der Waals surface area contributed by atoms with Crippen LogP contribution in [0, 0.1) is 11.6 Å². The van der Waals surface area contributed by atoms with E-state index in [4.69, 9.17) is 22.1 Å². The van der Waals surface area contributed by atoms with Gasteiger partial charge in [-0.1, -0.05) is 11.6 Å². The summed E-state index contributed by atoms with van der Waals surface area (Å²) in [7, 11) is 1.46. The van der Waals surface area contributed by atoms with E-state index in [0.29, 0.717) is 22.5 Å². The Morgan fingerprint density at radius 2 is 2.00 bits per heavy atom. The molecule has 100 valence electrons. The van der Waals surface area contributed by atoms with Crippen LogP contribution in [0.25, 0.3) is 0 Å². The first-order valence-corrected chi connectivity index (χ1v) is 5.61. The average molecular weight is 286 g/mol. The van der Waals surface area contributed by atoms with Crippen LogP contribution in [0.1, 0.15) is 0 Å². The van der Waals surface area contributed by atoms with Gasteiger partial charge in [-0.3, -0.25) is 0 Å². The molecule has 0 aliphatic heterocycles. The van der Waals surface area contributed by atoms with Gasteiger partial charge in [0.25, 0.3) is 0 Å². The fourth-order valence-corrected chi connectivity index (χ4v) is 1.64. The number of methoxy groups -OCH3 is 1. The van der Waals surface area contributed by atoms with E-state index in [1.807, 2.05) is 0 Å². The summed E-state index contributed by atoms with van der Waals surface area (Å²) in [5, 5.41) is 3.09. The first kappa shape index (κ1) is 13.4. The largest absolute Gasteiger partial charge is 0.495 e. The molecule has 0 bridgehead atoms. The van der Waals surface area contributed by atoms with Gasteiger partial charge in [0.05, 0.1) is 12.1 Å². The van der Waals surface area contributed by atoms with Gasteiger partial charge in [-0.25, -0.2) is 13.8 Å². The first-order chi connectivity index (χ1) is 9.01. The van der Waals surface area contributed by atoms with Crippen molar-refractivity contribution in [1.29, 1.82) is 0 Å². The number of benzene rings is 1. The number of nitrogens with zero attached hydrogens (tertiary/aromatic N) is 1. The Kier molecular flexibility index (Phi) is 3.71. The van der Waals surface area contributed by atoms with E-state index in [-0.39, 0.29) is 11.6 Å². The lowest BCUT2D eigenvalue weighted by molar-refractivity contribution is 0.415. The van der Waals surface area contributed by atoms with Crippen molar-refractivity contribution in [2.24, 2.45) is 0 Å². The summed E-state index contributed by atoms with van der Waals surface area (Å²) in [6.07, 6.45) is 0. The van der Waals surface area contributed by atoms with Gasteiger partial charge in [0, 0.05) is 17.8 Å². The molecule has 19 heavy (non-hydrogen) atoms. The molecule has 2 aromatic rings. The second-order valence-electron chi connectivity index (χ2n) is 3.66. The van der Waals surface area contributed by atoms with Crippen molar-refractivity contribution in [2.45, 2.75) is 0 Å². The molecule has 0 amide bonds. The smallest absolute Gasteiger partial charge is 0.169 e. The molecule has 4 nitrogen and oxygen atoms in total. The minimum atomic E-state index is -0.906. The van der Waals surface area contributed by atoms with Crippen LogP contribution in [-0.2, 0) is 0 Å². The van der Waals surface area contributed by atoms with Crippen LogP contribution < -0.4 is 15.8 Å². The van der Waals surface area contributed by atoms with Gasteiger partial charge in [0.1, 0.15) is 5.75 Å². The Bertz CT molecular complexity index is 622. The summed E-state index contributed by atoms with van der Waals surface area (Å²) in [6.45, 7) is 0. The topological polar surface area (TPSA) is 60.2 Å². The molecule has 0 radical (unpaired) electrons. The van der Waals surface area contributed by atoms with Crippen LogP contribution in [0.15, 0.2) is 24.3 Å². The number of hydrogen-bond donors (Lipinski definition) is 2. The van der Waals surface area contributed by atoms with Crippen molar-refractivity contribution in [3.63, 3.8) is 0 Å². The molecule has 0 fully saturated rings. The highest BCUT2D eigenvalue weighted by Gasteiger charge is 2.10. The van der Waals surface area contributed by atoms with Crippen LogP contribution >= 0.6 is 11.6 Å². The molecule has 0 unspecified atom stereocenters. The lowest BCUT2D eigenvalue weighted by Gasteiger charge is -2.10. The van der Waals surface area contributed by atoms with Gasteiger partial charge in [-0.15, -0.1) is 0 Å². The molecule has 1 aromatic carbocycles. The Balaban J connectivity index is 2.33.